The second kappa shape index (κ2) is 17.1. The third kappa shape index (κ3) is 14.8. The van der Waals surface area contributed by atoms with Crippen molar-refractivity contribution in [3.05, 3.63) is 59.7 Å². The third-order valence-corrected chi connectivity index (χ3v) is 7.58. The minimum Gasteiger partial charge on any atom is -0.491 e. The Bertz CT molecular complexity index is 1380. The molecule has 2 unspecified atom stereocenters. The van der Waals surface area contributed by atoms with E-state index in [2.05, 4.69) is 10.1 Å². The number of benzene rings is 2. The molecule has 0 aromatic heterocycles. The lowest BCUT2D eigenvalue weighted by Crippen LogP contribution is -2.25. The highest BCUT2D eigenvalue weighted by molar-refractivity contribution is 8.15. The van der Waals surface area contributed by atoms with Crippen molar-refractivity contribution in [2.45, 2.75) is 38.0 Å². The number of hydrogen-bond donors (Lipinski definition) is 3. The molecule has 44 heavy (non-hydrogen) atoms. The second-order valence-electron chi connectivity index (χ2n) is 8.30. The molecular weight excluding hydrogens is 662 g/mol. The number of thioether (sulfide) groups is 1. The van der Waals surface area contributed by atoms with Crippen LogP contribution in [0.2, 0.25) is 0 Å². The van der Waals surface area contributed by atoms with Crippen LogP contribution in [0.25, 0.3) is 0 Å². The van der Waals surface area contributed by atoms with Gasteiger partial charge in [-0.15, -0.1) is 13.2 Å². The van der Waals surface area contributed by atoms with Gasteiger partial charge in [-0.05, 0) is 55.7 Å². The lowest BCUT2D eigenvalue weighted by Gasteiger charge is -2.22. The van der Waals surface area contributed by atoms with Crippen LogP contribution in [0, 0.1) is 0 Å². The molecule has 2 aromatic carbocycles. The highest BCUT2D eigenvalue weighted by Gasteiger charge is 2.32. The summed E-state index contributed by atoms with van der Waals surface area (Å²) in [5.74, 6) is -0.396. The van der Waals surface area contributed by atoms with Crippen LogP contribution in [0.1, 0.15) is 31.1 Å². The smallest absolute Gasteiger partial charge is 0.491 e. The Morgan fingerprint density at radius 1 is 1.00 bits per heavy atom. The fraction of sp³-hybridized carbons (Fsp3) is 0.417. The van der Waals surface area contributed by atoms with Crippen LogP contribution >= 0.6 is 19.6 Å². The van der Waals surface area contributed by atoms with Crippen molar-refractivity contribution in [3.8, 4) is 11.5 Å². The highest BCUT2D eigenvalue weighted by Crippen LogP contribution is 2.49. The molecule has 246 valence electrons. The summed E-state index contributed by atoms with van der Waals surface area (Å²) in [5, 5.41) is 1.33. The molecule has 0 radical (unpaired) electrons. The van der Waals surface area contributed by atoms with Gasteiger partial charge in [0.25, 0.3) is 5.24 Å². The predicted octanol–water partition coefficient (Wildman–Crippen LogP) is 5.12. The van der Waals surface area contributed by atoms with Crippen molar-refractivity contribution in [3.63, 3.8) is 0 Å². The Morgan fingerprint density at radius 3 is 2.14 bits per heavy atom. The van der Waals surface area contributed by atoms with Crippen LogP contribution < -0.4 is 14.8 Å². The first-order chi connectivity index (χ1) is 20.5. The highest BCUT2D eigenvalue weighted by atomic mass is 32.3. The summed E-state index contributed by atoms with van der Waals surface area (Å²) in [6, 6.07) is 11.9. The van der Waals surface area contributed by atoms with Gasteiger partial charge in [-0.1, -0.05) is 36.0 Å². The average Bonchev–Trinajstić information content (AvgIpc) is 3.21. The summed E-state index contributed by atoms with van der Waals surface area (Å²) >= 11 is 0.926. The molecule has 2 atom stereocenters. The number of carbonyl (C=O) groups excluding carboxylic acids is 2. The Balaban J connectivity index is 0.00000125. The van der Waals surface area contributed by atoms with Gasteiger partial charge in [0.1, 0.15) is 24.2 Å². The van der Waals surface area contributed by atoms with Gasteiger partial charge in [-0.25, -0.2) is 4.57 Å². The quantitative estimate of drug-likeness (QED) is 0.127. The average molecular weight is 692 g/mol. The van der Waals surface area contributed by atoms with Gasteiger partial charge in [-0.2, -0.15) is 8.42 Å². The molecule has 2 amide bonds. The van der Waals surface area contributed by atoms with E-state index in [0.29, 0.717) is 12.2 Å². The lowest BCUT2D eigenvalue weighted by atomic mass is 10.1. The van der Waals surface area contributed by atoms with Crippen molar-refractivity contribution in [1.29, 1.82) is 0 Å². The van der Waals surface area contributed by atoms with Crippen molar-refractivity contribution in [1.82, 2.24) is 5.32 Å². The number of nitrogens with one attached hydrogen (secondary N) is 1. The number of halogens is 3. The van der Waals surface area contributed by atoms with Gasteiger partial charge in [-0.3, -0.25) is 37.6 Å². The van der Waals surface area contributed by atoms with E-state index in [1.807, 2.05) is 0 Å². The molecule has 1 aliphatic heterocycles. The van der Waals surface area contributed by atoms with E-state index in [4.69, 9.17) is 40.6 Å². The summed E-state index contributed by atoms with van der Waals surface area (Å²) in [6.45, 7) is 2.57. The molecule has 0 bridgehead atoms. The molecule has 3 rings (SSSR count). The summed E-state index contributed by atoms with van der Waals surface area (Å²) in [4.78, 5) is 23.1. The lowest BCUT2D eigenvalue weighted by molar-refractivity contribution is -0.274. The topological polar surface area (TPSA) is 193 Å². The number of alkyl halides is 3. The van der Waals surface area contributed by atoms with E-state index >= 15 is 0 Å². The summed E-state index contributed by atoms with van der Waals surface area (Å²) in [6.07, 6.45) is -5.51. The van der Waals surface area contributed by atoms with Gasteiger partial charge < -0.3 is 14.2 Å². The van der Waals surface area contributed by atoms with E-state index in [1.54, 1.807) is 38.1 Å². The zero-order chi connectivity index (χ0) is 33.0. The third-order valence-electron chi connectivity index (χ3n) is 5.03. The number of phosphoric acid groups is 1. The monoisotopic (exact) mass is 691 g/mol. The van der Waals surface area contributed by atoms with Crippen molar-refractivity contribution < 1.29 is 72.6 Å². The first-order valence-electron chi connectivity index (χ1n) is 12.4. The van der Waals surface area contributed by atoms with Crippen LogP contribution in [0.15, 0.2) is 48.5 Å². The molecule has 1 heterocycles. The Morgan fingerprint density at radius 2 is 1.61 bits per heavy atom. The fourth-order valence-electron chi connectivity index (χ4n) is 3.39. The number of rotatable bonds is 15. The number of amides is 2. The standard InChI is InChI=1S/C24H27F3NO9PS.H2O4S/c1-3-34-38(31,35-4-2)36-15-33-20(17-6-5-7-19(13-17)37-24(25,26)27)14-32-18-10-8-16(9-11-18)12-21-22(29)28-23(30)39-21;1-5(2,3)4/h5-11,13,20-21H,3-4,12,14-15H2,1-2H3,(H,28,29,30);(H2,1,2,3,4). The van der Waals surface area contributed by atoms with Crippen LogP contribution in [-0.2, 0) is 44.5 Å². The van der Waals surface area contributed by atoms with E-state index in [1.165, 1.54) is 12.1 Å². The molecule has 20 heteroatoms. The predicted molar refractivity (Wildman–Crippen MR) is 148 cm³/mol. The van der Waals surface area contributed by atoms with E-state index < -0.39 is 48.5 Å². The van der Waals surface area contributed by atoms with Crippen LogP contribution in [0.4, 0.5) is 18.0 Å². The van der Waals surface area contributed by atoms with E-state index in [0.717, 1.165) is 29.5 Å². The Kier molecular flexibility index (Phi) is 14.5. The van der Waals surface area contributed by atoms with Gasteiger partial charge in [0.15, 0.2) is 6.79 Å². The van der Waals surface area contributed by atoms with Gasteiger partial charge in [0.05, 0.1) is 18.5 Å². The van der Waals surface area contributed by atoms with Crippen LogP contribution in [-0.4, -0.2) is 66.9 Å². The molecule has 1 saturated heterocycles. The largest absolute Gasteiger partial charge is 0.573 e. The maximum absolute atomic E-state index is 12.7. The normalized spacial score (nSPS) is 16.1. The molecule has 1 fully saturated rings. The first kappa shape index (κ1) is 37.4. The van der Waals surface area contributed by atoms with Crippen LogP contribution in [0.3, 0.4) is 0 Å². The van der Waals surface area contributed by atoms with Crippen LogP contribution in [0.5, 0.6) is 11.5 Å². The summed E-state index contributed by atoms with van der Waals surface area (Å²) in [7, 11) is -8.57. The Labute approximate surface area is 254 Å². The molecule has 3 N–H and O–H groups in total. The maximum atomic E-state index is 12.7. The number of carbonyl (C=O) groups is 2. The molecule has 14 nitrogen and oxygen atoms in total. The molecule has 0 aliphatic carbocycles. The number of ether oxygens (including phenoxy) is 3. The zero-order valence-electron chi connectivity index (χ0n) is 23.1. The van der Waals surface area contributed by atoms with Crippen molar-refractivity contribution >= 4 is 41.1 Å². The van der Waals surface area contributed by atoms with E-state index in [9.17, 15) is 27.3 Å². The van der Waals surface area contributed by atoms with Crippen molar-refractivity contribution in [2.24, 2.45) is 0 Å². The molecule has 0 saturated carbocycles. The summed E-state index contributed by atoms with van der Waals surface area (Å²) in [5.41, 5.74) is 1.07. The fourth-order valence-corrected chi connectivity index (χ4v) is 5.30. The minimum atomic E-state index is -4.89. The number of phosphoric ester groups is 1. The van der Waals surface area contributed by atoms with Crippen molar-refractivity contribution in [2.75, 3.05) is 26.6 Å². The van der Waals surface area contributed by atoms with E-state index in [-0.39, 0.29) is 36.5 Å². The zero-order valence-corrected chi connectivity index (χ0v) is 25.6. The maximum Gasteiger partial charge on any atom is 0.573 e. The SMILES string of the molecule is CCOP(=O)(OCC)OCOC(COc1ccc(CC2SC(=O)NC2=O)cc1)c1cccc(OC(F)(F)F)c1.O=S(=O)(O)O. The molecule has 0 spiro atoms. The second-order valence-corrected chi connectivity index (χ2v) is 12.0. The van der Waals surface area contributed by atoms with Gasteiger partial charge >= 0.3 is 24.6 Å². The first-order valence-corrected chi connectivity index (χ1v) is 16.2. The summed E-state index contributed by atoms with van der Waals surface area (Å²) < 4.78 is 113. The molecule has 2 aromatic rings. The minimum absolute atomic E-state index is 0.0526. The molecular formula is C24H29F3NO13PS2. The number of imide groups is 1. The van der Waals surface area contributed by atoms with Gasteiger partial charge in [0.2, 0.25) is 5.91 Å². The Hall–Kier alpha value is -2.74. The van der Waals surface area contributed by atoms with Gasteiger partial charge in [0, 0.05) is 0 Å². The number of hydrogen-bond acceptors (Lipinski definition) is 12. The molecule has 1 aliphatic rings.